The van der Waals surface area contributed by atoms with E-state index >= 15 is 0 Å². The van der Waals surface area contributed by atoms with Gasteiger partial charge in [-0.2, -0.15) is 0 Å². The number of nitrogens with one attached hydrogen (secondary N) is 1. The number of carbonyl (C=O) groups excluding carboxylic acids is 1. The summed E-state index contributed by atoms with van der Waals surface area (Å²) in [5, 5.41) is 4.01. The average Bonchev–Trinajstić information content (AvgIpc) is 3.18. The third-order valence-electron chi connectivity index (χ3n) is 5.13. The largest absolute Gasteiger partial charge is 0.351 e. The zero-order valence-electron chi connectivity index (χ0n) is 16.9. The molecule has 0 aliphatic carbocycles. The topological polar surface area (TPSA) is 48.5 Å². The molecule has 1 aromatic heterocycles. The molecule has 1 aliphatic rings. The number of hydrogen-bond acceptors (Lipinski definition) is 6. The second-order valence-electron chi connectivity index (χ2n) is 7.12. The summed E-state index contributed by atoms with van der Waals surface area (Å²) in [7, 11) is 0. The minimum Gasteiger partial charge on any atom is -0.351 e. The van der Waals surface area contributed by atoms with E-state index in [1.165, 1.54) is 6.07 Å². The summed E-state index contributed by atoms with van der Waals surface area (Å²) in [6.45, 7) is 7.15. The number of carbonyl (C=O) groups is 1. The van der Waals surface area contributed by atoms with Crippen molar-refractivity contribution >= 4 is 44.4 Å². The van der Waals surface area contributed by atoms with E-state index in [9.17, 15) is 9.18 Å². The number of amides is 1. The molecule has 1 N–H and O–H groups in total. The fraction of sp³-hybridized carbons (Fsp3) is 0.364. The highest BCUT2D eigenvalue weighted by Gasteiger charge is 2.20. The van der Waals surface area contributed by atoms with Crippen LogP contribution in [0.25, 0.3) is 10.2 Å². The molecule has 1 saturated heterocycles. The van der Waals surface area contributed by atoms with Crippen molar-refractivity contribution in [3.05, 3.63) is 53.8 Å². The highest BCUT2D eigenvalue weighted by Crippen LogP contribution is 2.29. The van der Waals surface area contributed by atoms with Crippen molar-refractivity contribution in [1.82, 2.24) is 15.2 Å². The highest BCUT2D eigenvalue weighted by atomic mass is 32.2. The Kier molecular flexibility index (Phi) is 6.86. The maximum absolute atomic E-state index is 13.4. The number of thiazole rings is 1. The normalized spacial score (nSPS) is 14.9. The van der Waals surface area contributed by atoms with Crippen molar-refractivity contribution in [1.29, 1.82) is 0 Å². The highest BCUT2D eigenvalue weighted by molar-refractivity contribution is 7.99. The molecular weight excluding hydrogens is 419 g/mol. The van der Waals surface area contributed by atoms with Crippen molar-refractivity contribution in [3.63, 3.8) is 0 Å². The van der Waals surface area contributed by atoms with E-state index in [1.807, 2.05) is 24.3 Å². The van der Waals surface area contributed by atoms with Crippen LogP contribution in [0.3, 0.4) is 0 Å². The second kappa shape index (κ2) is 9.76. The van der Waals surface area contributed by atoms with Gasteiger partial charge in [-0.25, -0.2) is 9.37 Å². The molecule has 158 valence electrons. The summed E-state index contributed by atoms with van der Waals surface area (Å²) in [5.74, 6) is 0.713. The Balaban J connectivity index is 1.25. The van der Waals surface area contributed by atoms with E-state index in [0.29, 0.717) is 6.54 Å². The summed E-state index contributed by atoms with van der Waals surface area (Å²) < 4.78 is 14.3. The lowest BCUT2D eigenvalue weighted by Crippen LogP contribution is -2.48. The van der Waals surface area contributed by atoms with Gasteiger partial charge in [0.1, 0.15) is 5.82 Å². The zero-order valence-corrected chi connectivity index (χ0v) is 18.6. The molecule has 8 heteroatoms. The molecule has 0 atom stereocenters. The molecule has 2 heterocycles. The Morgan fingerprint density at radius 2 is 2.00 bits per heavy atom. The van der Waals surface area contributed by atoms with Crippen molar-refractivity contribution in [2.24, 2.45) is 0 Å². The number of aromatic nitrogens is 1. The van der Waals surface area contributed by atoms with Gasteiger partial charge in [0.05, 0.1) is 15.8 Å². The van der Waals surface area contributed by atoms with E-state index in [1.54, 1.807) is 35.2 Å². The van der Waals surface area contributed by atoms with E-state index in [-0.39, 0.29) is 11.7 Å². The molecular formula is C22H25FN4OS2. The fourth-order valence-electron chi connectivity index (χ4n) is 3.54. The van der Waals surface area contributed by atoms with Gasteiger partial charge in [0.25, 0.3) is 5.91 Å². The molecule has 1 aliphatic heterocycles. The van der Waals surface area contributed by atoms with Crippen molar-refractivity contribution in [2.45, 2.75) is 11.8 Å². The van der Waals surface area contributed by atoms with Gasteiger partial charge >= 0.3 is 0 Å². The molecule has 2 aromatic carbocycles. The average molecular weight is 445 g/mol. The Hall–Kier alpha value is -2.16. The van der Waals surface area contributed by atoms with Gasteiger partial charge in [0.15, 0.2) is 5.13 Å². The first-order chi connectivity index (χ1) is 14.6. The second-order valence-corrected chi connectivity index (χ2v) is 9.44. The number of thioether (sulfide) groups is 1. The first-order valence-corrected chi connectivity index (χ1v) is 12.0. The molecule has 1 amide bonds. The SMILES string of the molecule is CCSc1ccccc1C(=O)NCCN1CCN(c2nc3ccc(F)cc3s2)CC1. The van der Waals surface area contributed by atoms with Crippen LogP contribution in [-0.4, -0.2) is 60.8 Å². The van der Waals surface area contributed by atoms with Gasteiger partial charge in [-0.1, -0.05) is 30.4 Å². The molecule has 0 spiro atoms. The Morgan fingerprint density at radius 1 is 1.20 bits per heavy atom. The molecule has 1 fully saturated rings. The first kappa shape index (κ1) is 21.1. The maximum atomic E-state index is 13.4. The number of halogens is 1. The number of anilines is 1. The van der Waals surface area contributed by atoms with Crippen LogP contribution in [0, 0.1) is 5.82 Å². The first-order valence-electron chi connectivity index (χ1n) is 10.2. The smallest absolute Gasteiger partial charge is 0.252 e. The van der Waals surface area contributed by atoms with Crippen molar-refractivity contribution < 1.29 is 9.18 Å². The van der Waals surface area contributed by atoms with Gasteiger partial charge in [-0.05, 0) is 36.1 Å². The lowest BCUT2D eigenvalue weighted by atomic mass is 10.2. The van der Waals surface area contributed by atoms with Crippen LogP contribution in [0.4, 0.5) is 9.52 Å². The van der Waals surface area contributed by atoms with Crippen LogP contribution in [0.5, 0.6) is 0 Å². The lowest BCUT2D eigenvalue weighted by Gasteiger charge is -2.34. The number of nitrogens with zero attached hydrogens (tertiary/aromatic N) is 3. The standard InChI is InChI=1S/C22H25FN4OS2/c1-2-29-19-6-4-3-5-17(19)21(28)24-9-10-26-11-13-27(14-12-26)22-25-18-8-7-16(23)15-20(18)30-22/h3-8,15H,2,9-14H2,1H3,(H,24,28). The zero-order chi connectivity index (χ0) is 20.9. The van der Waals surface area contributed by atoms with Gasteiger partial charge in [-0.3, -0.25) is 9.69 Å². The Labute approximate surface area is 184 Å². The quantitative estimate of drug-likeness (QED) is 0.556. The van der Waals surface area contributed by atoms with Crippen molar-refractivity contribution in [2.75, 3.05) is 49.9 Å². The van der Waals surface area contributed by atoms with Crippen LogP contribution in [0.1, 0.15) is 17.3 Å². The van der Waals surface area contributed by atoms with Gasteiger partial charge < -0.3 is 10.2 Å². The van der Waals surface area contributed by atoms with Gasteiger partial charge in [-0.15, -0.1) is 11.8 Å². The van der Waals surface area contributed by atoms with E-state index < -0.39 is 0 Å². The van der Waals surface area contributed by atoms with Crippen LogP contribution in [0.15, 0.2) is 47.4 Å². The summed E-state index contributed by atoms with van der Waals surface area (Å²) in [6, 6.07) is 12.5. The number of fused-ring (bicyclic) bond motifs is 1. The number of piperazine rings is 1. The molecule has 0 saturated carbocycles. The molecule has 0 bridgehead atoms. The number of hydrogen-bond donors (Lipinski definition) is 1. The van der Waals surface area contributed by atoms with E-state index in [4.69, 9.17) is 0 Å². The minimum absolute atomic E-state index is 0.00751. The maximum Gasteiger partial charge on any atom is 0.252 e. The third-order valence-corrected chi connectivity index (χ3v) is 7.16. The third kappa shape index (κ3) is 4.94. The predicted octanol–water partition coefficient (Wildman–Crippen LogP) is 4.10. The van der Waals surface area contributed by atoms with Crippen LogP contribution in [0.2, 0.25) is 0 Å². The number of benzene rings is 2. The van der Waals surface area contributed by atoms with E-state index in [2.05, 4.69) is 27.0 Å². The summed E-state index contributed by atoms with van der Waals surface area (Å²) in [4.78, 5) is 22.8. The number of rotatable bonds is 7. The van der Waals surface area contributed by atoms with Crippen LogP contribution >= 0.6 is 23.1 Å². The Morgan fingerprint density at radius 3 is 2.80 bits per heavy atom. The monoisotopic (exact) mass is 444 g/mol. The minimum atomic E-state index is -0.222. The lowest BCUT2D eigenvalue weighted by molar-refractivity contribution is 0.0945. The fourth-order valence-corrected chi connectivity index (χ4v) is 5.39. The molecule has 30 heavy (non-hydrogen) atoms. The van der Waals surface area contributed by atoms with Crippen LogP contribution < -0.4 is 10.2 Å². The molecule has 0 radical (unpaired) electrons. The Bertz CT molecular complexity index is 1020. The molecule has 5 nitrogen and oxygen atoms in total. The van der Waals surface area contributed by atoms with Crippen LogP contribution in [-0.2, 0) is 0 Å². The summed E-state index contributed by atoms with van der Waals surface area (Å²) in [5.41, 5.74) is 1.60. The molecule has 3 aromatic rings. The molecule has 4 rings (SSSR count). The summed E-state index contributed by atoms with van der Waals surface area (Å²) in [6.07, 6.45) is 0. The van der Waals surface area contributed by atoms with Gasteiger partial charge in [0, 0.05) is 44.2 Å². The van der Waals surface area contributed by atoms with Gasteiger partial charge in [0.2, 0.25) is 0 Å². The summed E-state index contributed by atoms with van der Waals surface area (Å²) >= 11 is 3.23. The predicted molar refractivity (Wildman–Crippen MR) is 123 cm³/mol. The van der Waals surface area contributed by atoms with Crippen molar-refractivity contribution in [3.8, 4) is 0 Å². The van der Waals surface area contributed by atoms with E-state index in [0.717, 1.165) is 64.3 Å². The molecule has 0 unspecified atom stereocenters.